The van der Waals surface area contributed by atoms with Crippen molar-refractivity contribution in [2.24, 2.45) is 0 Å². The number of halogens is 1. The Morgan fingerprint density at radius 1 is 1.18 bits per heavy atom. The smallest absolute Gasteiger partial charge is 0.301 e. The molecule has 8 heteroatoms. The predicted molar refractivity (Wildman–Crippen MR) is 130 cm³/mol. The number of aliphatic hydroxyl groups excluding tert-OH is 1. The number of carbonyl (C=O) groups excluding carboxylic acids is 2. The highest BCUT2D eigenvalue weighted by atomic mass is 35.5. The lowest BCUT2D eigenvalue weighted by atomic mass is 9.95. The quantitative estimate of drug-likeness (QED) is 0.184. The van der Waals surface area contributed by atoms with Gasteiger partial charge in [0.05, 0.1) is 18.2 Å². The third-order valence-corrected chi connectivity index (χ3v) is 6.40. The van der Waals surface area contributed by atoms with Crippen molar-refractivity contribution in [2.45, 2.75) is 32.2 Å². The highest BCUT2D eigenvalue weighted by molar-refractivity contribution is 7.14. The first-order chi connectivity index (χ1) is 16.0. The third-order valence-electron chi connectivity index (χ3n) is 5.38. The van der Waals surface area contributed by atoms with E-state index in [9.17, 15) is 14.7 Å². The SMILES string of the molecule is CCCCCOc1cccc(C2/C(=C(\O)c3ccc(Cl)cc3)C(=O)C(=O)N2c2nccs2)c1. The molecule has 4 rings (SSSR count). The number of ether oxygens (including phenoxy) is 1. The number of anilines is 1. The molecular formula is C25H23ClN2O4S. The zero-order valence-corrected chi connectivity index (χ0v) is 19.6. The predicted octanol–water partition coefficient (Wildman–Crippen LogP) is 5.99. The number of hydrogen-bond acceptors (Lipinski definition) is 6. The van der Waals surface area contributed by atoms with Crippen molar-refractivity contribution in [3.8, 4) is 5.75 Å². The summed E-state index contributed by atoms with van der Waals surface area (Å²) in [6, 6.07) is 12.9. The van der Waals surface area contributed by atoms with Gasteiger partial charge in [-0.25, -0.2) is 4.98 Å². The van der Waals surface area contributed by atoms with E-state index >= 15 is 0 Å². The van der Waals surface area contributed by atoms with Crippen LogP contribution in [0, 0.1) is 0 Å². The standard InChI is InChI=1S/C25H23ClN2O4S/c1-2-3-4-13-32-19-7-5-6-17(15-19)21-20(22(29)16-8-10-18(26)11-9-16)23(30)24(31)28(21)25-27-12-14-33-25/h5-12,14-15,21,29H,2-4,13H2,1H3/b22-20+. The van der Waals surface area contributed by atoms with Crippen LogP contribution in [0.5, 0.6) is 5.75 Å². The van der Waals surface area contributed by atoms with Crippen molar-refractivity contribution in [2.75, 3.05) is 11.5 Å². The second kappa shape index (κ2) is 10.2. The molecule has 0 radical (unpaired) electrons. The van der Waals surface area contributed by atoms with Crippen LogP contribution in [0.1, 0.15) is 43.4 Å². The number of benzene rings is 2. The number of carbonyl (C=O) groups is 2. The van der Waals surface area contributed by atoms with E-state index in [1.165, 1.54) is 16.2 Å². The van der Waals surface area contributed by atoms with Gasteiger partial charge in [0, 0.05) is 22.2 Å². The molecule has 170 valence electrons. The number of thiazole rings is 1. The molecule has 1 unspecified atom stereocenters. The topological polar surface area (TPSA) is 79.7 Å². The minimum Gasteiger partial charge on any atom is -0.507 e. The van der Waals surface area contributed by atoms with Crippen LogP contribution in [0.25, 0.3) is 5.76 Å². The Bertz CT molecular complexity index is 1180. The Hall–Kier alpha value is -3.16. The number of Topliss-reactive ketones (excluding diaryl/α,β-unsaturated/α-hetero) is 1. The molecule has 1 amide bonds. The van der Waals surface area contributed by atoms with Gasteiger partial charge in [0.15, 0.2) is 5.13 Å². The van der Waals surface area contributed by atoms with Gasteiger partial charge in [0.2, 0.25) is 0 Å². The number of nitrogens with zero attached hydrogens (tertiary/aromatic N) is 2. The molecule has 6 nitrogen and oxygen atoms in total. The van der Waals surface area contributed by atoms with Gasteiger partial charge in [-0.15, -0.1) is 11.3 Å². The fraction of sp³-hybridized carbons (Fsp3) is 0.240. The van der Waals surface area contributed by atoms with E-state index in [0.29, 0.717) is 33.6 Å². The normalized spacial score (nSPS) is 17.5. The molecule has 0 bridgehead atoms. The van der Waals surface area contributed by atoms with Gasteiger partial charge in [0.25, 0.3) is 5.78 Å². The molecule has 1 saturated heterocycles. The van der Waals surface area contributed by atoms with Crippen LogP contribution < -0.4 is 9.64 Å². The van der Waals surface area contributed by atoms with E-state index in [0.717, 1.165) is 19.3 Å². The van der Waals surface area contributed by atoms with Crippen LogP contribution in [0.2, 0.25) is 5.02 Å². The summed E-state index contributed by atoms with van der Waals surface area (Å²) in [7, 11) is 0. The summed E-state index contributed by atoms with van der Waals surface area (Å²) in [4.78, 5) is 31.8. The average Bonchev–Trinajstić information content (AvgIpc) is 3.44. The summed E-state index contributed by atoms with van der Waals surface area (Å²) < 4.78 is 5.89. The van der Waals surface area contributed by atoms with Crippen LogP contribution in [0.3, 0.4) is 0 Å². The van der Waals surface area contributed by atoms with E-state index in [1.807, 2.05) is 18.2 Å². The number of rotatable bonds is 8. The Kier molecular flexibility index (Phi) is 7.11. The fourth-order valence-corrected chi connectivity index (χ4v) is 4.55. The number of hydrogen-bond donors (Lipinski definition) is 1. The van der Waals surface area contributed by atoms with Crippen molar-refractivity contribution in [1.29, 1.82) is 0 Å². The zero-order chi connectivity index (χ0) is 23.4. The monoisotopic (exact) mass is 482 g/mol. The maximum atomic E-state index is 13.1. The second-order valence-corrected chi connectivity index (χ2v) is 8.93. The minimum absolute atomic E-state index is 0.000607. The molecule has 0 aliphatic carbocycles. The minimum atomic E-state index is -0.842. The van der Waals surface area contributed by atoms with E-state index in [-0.39, 0.29) is 11.3 Å². The van der Waals surface area contributed by atoms with Gasteiger partial charge < -0.3 is 9.84 Å². The van der Waals surface area contributed by atoms with Crippen LogP contribution in [0.15, 0.2) is 65.7 Å². The summed E-state index contributed by atoms with van der Waals surface area (Å²) in [6.07, 6.45) is 4.68. The van der Waals surface area contributed by atoms with E-state index < -0.39 is 17.7 Å². The van der Waals surface area contributed by atoms with Gasteiger partial charge in [-0.1, -0.05) is 43.5 Å². The zero-order valence-electron chi connectivity index (χ0n) is 18.0. The van der Waals surface area contributed by atoms with Gasteiger partial charge in [-0.2, -0.15) is 0 Å². The summed E-state index contributed by atoms with van der Waals surface area (Å²) >= 11 is 7.22. The van der Waals surface area contributed by atoms with Gasteiger partial charge in [0.1, 0.15) is 11.5 Å². The summed E-state index contributed by atoms with van der Waals surface area (Å²) in [5, 5.41) is 13.7. The number of ketones is 1. The van der Waals surface area contributed by atoms with Crippen molar-refractivity contribution in [1.82, 2.24) is 4.98 Å². The van der Waals surface area contributed by atoms with Crippen LogP contribution in [0.4, 0.5) is 5.13 Å². The van der Waals surface area contributed by atoms with Crippen LogP contribution in [-0.2, 0) is 9.59 Å². The Labute approximate surface area is 201 Å². The lowest BCUT2D eigenvalue weighted by Gasteiger charge is -2.23. The number of amides is 1. The van der Waals surface area contributed by atoms with Crippen molar-refractivity contribution >= 4 is 45.5 Å². The summed E-state index contributed by atoms with van der Waals surface area (Å²) in [5.41, 5.74) is 1.04. The third kappa shape index (κ3) is 4.79. The lowest BCUT2D eigenvalue weighted by Crippen LogP contribution is -2.29. The van der Waals surface area contributed by atoms with Gasteiger partial charge in [-0.3, -0.25) is 14.5 Å². The molecule has 1 fully saturated rings. The molecule has 2 heterocycles. The van der Waals surface area contributed by atoms with Gasteiger partial charge in [-0.05, 0) is 48.4 Å². The molecular weight excluding hydrogens is 460 g/mol. The second-order valence-electron chi connectivity index (χ2n) is 7.62. The Morgan fingerprint density at radius 2 is 1.97 bits per heavy atom. The first-order valence-electron chi connectivity index (χ1n) is 10.7. The summed E-state index contributed by atoms with van der Waals surface area (Å²) in [5.74, 6) is -1.13. The summed E-state index contributed by atoms with van der Waals surface area (Å²) in [6.45, 7) is 2.71. The first kappa shape index (κ1) is 23.0. The lowest BCUT2D eigenvalue weighted by molar-refractivity contribution is -0.132. The Morgan fingerprint density at radius 3 is 2.67 bits per heavy atom. The molecule has 1 atom stereocenters. The van der Waals surface area contributed by atoms with Crippen molar-refractivity contribution in [3.63, 3.8) is 0 Å². The van der Waals surface area contributed by atoms with Crippen LogP contribution >= 0.6 is 22.9 Å². The Balaban J connectivity index is 1.80. The average molecular weight is 483 g/mol. The molecule has 1 aliphatic heterocycles. The molecule has 1 N–H and O–H groups in total. The van der Waals surface area contributed by atoms with E-state index in [1.54, 1.807) is 41.9 Å². The molecule has 3 aromatic rings. The number of aliphatic hydroxyl groups is 1. The van der Waals surface area contributed by atoms with Gasteiger partial charge >= 0.3 is 5.91 Å². The molecule has 2 aromatic carbocycles. The van der Waals surface area contributed by atoms with Crippen LogP contribution in [-0.4, -0.2) is 28.4 Å². The maximum Gasteiger partial charge on any atom is 0.301 e. The number of aromatic nitrogens is 1. The largest absolute Gasteiger partial charge is 0.507 e. The highest BCUT2D eigenvalue weighted by Gasteiger charge is 2.48. The highest BCUT2D eigenvalue weighted by Crippen LogP contribution is 2.43. The maximum absolute atomic E-state index is 13.1. The van der Waals surface area contributed by atoms with E-state index in [2.05, 4.69) is 11.9 Å². The van der Waals surface area contributed by atoms with Crippen molar-refractivity contribution in [3.05, 3.63) is 81.8 Å². The molecule has 1 aromatic heterocycles. The fourth-order valence-electron chi connectivity index (χ4n) is 3.76. The van der Waals surface area contributed by atoms with Crippen molar-refractivity contribution < 1.29 is 19.4 Å². The van der Waals surface area contributed by atoms with E-state index in [4.69, 9.17) is 16.3 Å². The molecule has 0 saturated carbocycles. The molecule has 33 heavy (non-hydrogen) atoms. The first-order valence-corrected chi connectivity index (χ1v) is 12.0. The number of unbranched alkanes of at least 4 members (excludes halogenated alkanes) is 2. The molecule has 1 aliphatic rings. The molecule has 0 spiro atoms.